The van der Waals surface area contributed by atoms with Crippen LogP contribution in [0.5, 0.6) is 0 Å². The monoisotopic (exact) mass is 189 g/mol. The number of nitrogens with zero attached hydrogens (tertiary/aromatic N) is 1. The lowest BCUT2D eigenvalue weighted by atomic mass is 9.98. The van der Waals surface area contributed by atoms with Gasteiger partial charge in [0.05, 0.1) is 10.7 Å². The van der Waals surface area contributed by atoms with Gasteiger partial charge in [0.25, 0.3) is 0 Å². The van der Waals surface area contributed by atoms with E-state index >= 15 is 0 Å². The predicted octanol–water partition coefficient (Wildman–Crippen LogP) is 3.40. The van der Waals surface area contributed by atoms with Gasteiger partial charge in [-0.15, -0.1) is 11.3 Å². The van der Waals surface area contributed by atoms with E-state index in [-0.39, 0.29) is 5.41 Å². The largest absolute Gasteiger partial charge is 0.244 e. The third kappa shape index (κ3) is 1.94. The molecule has 0 radical (unpaired) electrons. The molecule has 0 aliphatic heterocycles. The highest BCUT2D eigenvalue weighted by molar-refractivity contribution is 7.16. The zero-order valence-corrected chi connectivity index (χ0v) is 8.81. The van der Waals surface area contributed by atoms with Crippen LogP contribution in [0.1, 0.15) is 31.5 Å². The van der Waals surface area contributed by atoms with Gasteiger partial charge < -0.3 is 0 Å². The summed E-state index contributed by atoms with van der Waals surface area (Å²) in [5.41, 5.74) is 1.07. The molecule has 62 valence electrons. The minimum atomic E-state index is 0.128. The average Bonchev–Trinajstić information content (AvgIpc) is 2.11. The second kappa shape index (κ2) is 2.76. The van der Waals surface area contributed by atoms with Gasteiger partial charge in [0.1, 0.15) is 4.34 Å². The number of hydrogen-bond acceptors (Lipinski definition) is 2. The SMILES string of the molecule is Cc1nc(C(C)(C)C)sc1Cl. The van der Waals surface area contributed by atoms with Crippen molar-refractivity contribution >= 4 is 22.9 Å². The normalized spacial score (nSPS) is 12.1. The van der Waals surface area contributed by atoms with Crippen molar-refractivity contribution in [3.63, 3.8) is 0 Å². The number of thiazole rings is 1. The fourth-order valence-corrected chi connectivity index (χ4v) is 1.81. The highest BCUT2D eigenvalue weighted by atomic mass is 35.5. The Hall–Kier alpha value is -0.0800. The van der Waals surface area contributed by atoms with E-state index in [0.29, 0.717) is 0 Å². The third-order valence-electron chi connectivity index (χ3n) is 1.38. The van der Waals surface area contributed by atoms with Crippen molar-refractivity contribution in [2.24, 2.45) is 0 Å². The summed E-state index contributed by atoms with van der Waals surface area (Å²) < 4.78 is 0.815. The van der Waals surface area contributed by atoms with Crippen molar-refractivity contribution in [1.29, 1.82) is 0 Å². The highest BCUT2D eigenvalue weighted by Crippen LogP contribution is 2.31. The van der Waals surface area contributed by atoms with Gasteiger partial charge in [0.15, 0.2) is 0 Å². The molecule has 1 aromatic rings. The Bertz CT molecular complexity index is 240. The number of rotatable bonds is 0. The van der Waals surface area contributed by atoms with Crippen molar-refractivity contribution in [3.8, 4) is 0 Å². The molecule has 0 N–H and O–H groups in total. The molecular formula is C8H12ClNS. The van der Waals surface area contributed by atoms with Crippen molar-refractivity contribution < 1.29 is 0 Å². The highest BCUT2D eigenvalue weighted by Gasteiger charge is 2.19. The smallest absolute Gasteiger partial charge is 0.116 e. The van der Waals surface area contributed by atoms with E-state index in [0.717, 1.165) is 15.0 Å². The molecule has 11 heavy (non-hydrogen) atoms. The molecule has 0 amide bonds. The summed E-state index contributed by atoms with van der Waals surface area (Å²) in [7, 11) is 0. The predicted molar refractivity (Wildman–Crippen MR) is 50.6 cm³/mol. The molecule has 0 aliphatic rings. The van der Waals surface area contributed by atoms with Gasteiger partial charge in [-0.05, 0) is 6.92 Å². The summed E-state index contributed by atoms with van der Waals surface area (Å²) in [6, 6.07) is 0. The Labute approximate surface area is 76.4 Å². The van der Waals surface area contributed by atoms with Crippen LogP contribution in [0.4, 0.5) is 0 Å². The van der Waals surface area contributed by atoms with Crippen LogP contribution in [0, 0.1) is 6.92 Å². The van der Waals surface area contributed by atoms with Gasteiger partial charge in [0.2, 0.25) is 0 Å². The van der Waals surface area contributed by atoms with Gasteiger partial charge in [-0.1, -0.05) is 32.4 Å². The maximum atomic E-state index is 5.89. The number of aromatic nitrogens is 1. The summed E-state index contributed by atoms with van der Waals surface area (Å²) in [6.45, 7) is 8.36. The molecule has 0 unspecified atom stereocenters. The Kier molecular flexibility index (Phi) is 2.26. The fourth-order valence-electron chi connectivity index (χ4n) is 0.699. The van der Waals surface area contributed by atoms with E-state index < -0.39 is 0 Å². The van der Waals surface area contributed by atoms with Crippen LogP contribution in [-0.2, 0) is 5.41 Å². The second-order valence-corrected chi connectivity index (χ2v) is 5.23. The maximum absolute atomic E-state index is 5.89. The Morgan fingerprint density at radius 3 is 2.09 bits per heavy atom. The van der Waals surface area contributed by atoms with Crippen molar-refractivity contribution in [2.75, 3.05) is 0 Å². The molecule has 1 aromatic heterocycles. The van der Waals surface area contributed by atoms with Crippen LogP contribution < -0.4 is 0 Å². The summed E-state index contributed by atoms with van der Waals surface area (Å²) >= 11 is 7.47. The molecule has 1 rings (SSSR count). The average molecular weight is 190 g/mol. The van der Waals surface area contributed by atoms with Crippen molar-refractivity contribution in [3.05, 3.63) is 15.0 Å². The van der Waals surface area contributed by atoms with E-state index in [1.165, 1.54) is 0 Å². The molecule has 0 fully saturated rings. The first-order valence-electron chi connectivity index (χ1n) is 3.54. The second-order valence-electron chi connectivity index (χ2n) is 3.63. The Morgan fingerprint density at radius 2 is 1.91 bits per heavy atom. The molecular weight excluding hydrogens is 178 g/mol. The molecule has 0 saturated heterocycles. The molecule has 0 aliphatic carbocycles. The first-order chi connectivity index (χ1) is 4.91. The molecule has 1 nitrogen and oxygen atoms in total. The minimum Gasteiger partial charge on any atom is -0.244 e. The first-order valence-corrected chi connectivity index (χ1v) is 4.74. The summed E-state index contributed by atoms with van der Waals surface area (Å²) in [5.74, 6) is 0. The van der Waals surface area contributed by atoms with Crippen LogP contribution in [0.15, 0.2) is 0 Å². The summed E-state index contributed by atoms with van der Waals surface area (Å²) in [4.78, 5) is 4.37. The van der Waals surface area contributed by atoms with Crippen LogP contribution in [0.3, 0.4) is 0 Å². The molecule has 3 heteroatoms. The molecule has 0 atom stereocenters. The van der Waals surface area contributed by atoms with E-state index in [1.54, 1.807) is 11.3 Å². The molecule has 0 saturated carbocycles. The summed E-state index contributed by atoms with van der Waals surface area (Å²) in [5, 5.41) is 1.11. The van der Waals surface area contributed by atoms with Crippen molar-refractivity contribution in [2.45, 2.75) is 33.1 Å². The van der Waals surface area contributed by atoms with Crippen molar-refractivity contribution in [1.82, 2.24) is 4.98 Å². The quantitative estimate of drug-likeness (QED) is 0.610. The number of hydrogen-bond donors (Lipinski definition) is 0. The Balaban J connectivity index is 3.08. The van der Waals surface area contributed by atoms with E-state index in [9.17, 15) is 0 Å². The van der Waals surface area contributed by atoms with Gasteiger partial charge in [-0.25, -0.2) is 4.98 Å². The van der Waals surface area contributed by atoms with Gasteiger partial charge in [-0.3, -0.25) is 0 Å². The molecule has 0 bridgehead atoms. The fraction of sp³-hybridized carbons (Fsp3) is 0.625. The van der Waals surface area contributed by atoms with E-state index in [4.69, 9.17) is 11.6 Å². The van der Waals surface area contributed by atoms with Crippen LogP contribution >= 0.6 is 22.9 Å². The first kappa shape index (κ1) is 9.01. The lowest BCUT2D eigenvalue weighted by Gasteiger charge is -2.13. The maximum Gasteiger partial charge on any atom is 0.116 e. The number of halogens is 1. The molecule has 1 heterocycles. The van der Waals surface area contributed by atoms with Gasteiger partial charge >= 0.3 is 0 Å². The zero-order chi connectivity index (χ0) is 8.65. The lowest BCUT2D eigenvalue weighted by Crippen LogP contribution is -2.10. The number of aryl methyl sites for hydroxylation is 1. The van der Waals surface area contributed by atoms with Crippen LogP contribution in [0.25, 0.3) is 0 Å². The summed E-state index contributed by atoms with van der Waals surface area (Å²) in [6.07, 6.45) is 0. The third-order valence-corrected chi connectivity index (χ3v) is 3.26. The molecule has 0 spiro atoms. The van der Waals surface area contributed by atoms with Crippen LogP contribution in [-0.4, -0.2) is 4.98 Å². The van der Waals surface area contributed by atoms with E-state index in [1.807, 2.05) is 6.92 Å². The minimum absolute atomic E-state index is 0.128. The zero-order valence-electron chi connectivity index (χ0n) is 7.23. The van der Waals surface area contributed by atoms with Gasteiger partial charge in [-0.2, -0.15) is 0 Å². The van der Waals surface area contributed by atoms with Gasteiger partial charge in [0, 0.05) is 5.41 Å². The van der Waals surface area contributed by atoms with Crippen LogP contribution in [0.2, 0.25) is 4.34 Å². The standard InChI is InChI=1S/C8H12ClNS/c1-5-6(9)11-7(10-5)8(2,3)4/h1-4H3. The Morgan fingerprint density at radius 1 is 1.36 bits per heavy atom. The lowest BCUT2D eigenvalue weighted by molar-refractivity contribution is 0.584. The molecule has 0 aromatic carbocycles. The van der Waals surface area contributed by atoms with E-state index in [2.05, 4.69) is 25.8 Å². The topological polar surface area (TPSA) is 12.9 Å².